The Kier molecular flexibility index (Phi) is 5.74. The molecule has 0 aliphatic heterocycles. The van der Waals surface area contributed by atoms with Crippen molar-refractivity contribution in [3.05, 3.63) is 17.7 Å². The summed E-state index contributed by atoms with van der Waals surface area (Å²) in [6.45, 7) is 0. The summed E-state index contributed by atoms with van der Waals surface area (Å²) in [7, 11) is 7.07. The zero-order valence-corrected chi connectivity index (χ0v) is 13.6. The largest absolute Gasteiger partial charge is 0.496 e. The first-order valence-electron chi connectivity index (χ1n) is 7.72. The van der Waals surface area contributed by atoms with E-state index in [-0.39, 0.29) is 6.04 Å². The molecule has 0 bridgehead atoms. The van der Waals surface area contributed by atoms with Crippen LogP contribution in [0.4, 0.5) is 0 Å². The molecule has 4 nitrogen and oxygen atoms in total. The summed E-state index contributed by atoms with van der Waals surface area (Å²) in [5, 5.41) is 3.47. The third-order valence-electron chi connectivity index (χ3n) is 4.50. The summed E-state index contributed by atoms with van der Waals surface area (Å²) in [5.41, 5.74) is 1.11. The Morgan fingerprint density at radius 3 is 1.95 bits per heavy atom. The molecule has 1 atom stereocenters. The highest BCUT2D eigenvalue weighted by atomic mass is 16.5. The zero-order valence-electron chi connectivity index (χ0n) is 13.6. The van der Waals surface area contributed by atoms with Crippen LogP contribution < -0.4 is 19.5 Å². The molecule has 0 amide bonds. The first-order valence-corrected chi connectivity index (χ1v) is 7.72. The molecule has 0 radical (unpaired) electrons. The van der Waals surface area contributed by atoms with Gasteiger partial charge >= 0.3 is 0 Å². The van der Waals surface area contributed by atoms with Gasteiger partial charge in [0.25, 0.3) is 0 Å². The number of benzene rings is 1. The van der Waals surface area contributed by atoms with E-state index in [2.05, 4.69) is 5.32 Å². The van der Waals surface area contributed by atoms with E-state index in [1.54, 1.807) is 21.3 Å². The SMILES string of the molecule is CNC(c1c(OC)cc(OC)cc1OC)C1CCCCC1. The van der Waals surface area contributed by atoms with Crippen molar-refractivity contribution in [3.63, 3.8) is 0 Å². The van der Waals surface area contributed by atoms with Gasteiger partial charge in [-0.3, -0.25) is 0 Å². The standard InChI is InChI=1S/C17H27NO3/c1-18-17(12-8-6-5-7-9-12)16-14(20-3)10-13(19-2)11-15(16)21-4/h10-12,17-18H,5-9H2,1-4H3. The van der Waals surface area contributed by atoms with Gasteiger partial charge in [0.1, 0.15) is 17.2 Å². The fourth-order valence-corrected chi connectivity index (χ4v) is 3.42. The van der Waals surface area contributed by atoms with Crippen molar-refractivity contribution in [3.8, 4) is 17.2 Å². The Bertz CT molecular complexity index is 430. The molecule has 1 aromatic rings. The number of nitrogens with one attached hydrogen (secondary N) is 1. The highest BCUT2D eigenvalue weighted by Gasteiger charge is 2.29. The van der Waals surface area contributed by atoms with E-state index < -0.39 is 0 Å². The quantitative estimate of drug-likeness (QED) is 0.870. The van der Waals surface area contributed by atoms with E-state index in [0.29, 0.717) is 5.92 Å². The third kappa shape index (κ3) is 3.43. The molecule has 1 fully saturated rings. The van der Waals surface area contributed by atoms with Crippen LogP contribution in [0.15, 0.2) is 12.1 Å². The van der Waals surface area contributed by atoms with Crippen LogP contribution in [0.2, 0.25) is 0 Å². The van der Waals surface area contributed by atoms with Crippen LogP contribution in [0, 0.1) is 5.92 Å². The maximum Gasteiger partial charge on any atom is 0.131 e. The second-order valence-corrected chi connectivity index (χ2v) is 5.61. The minimum absolute atomic E-state index is 0.251. The van der Waals surface area contributed by atoms with E-state index in [4.69, 9.17) is 14.2 Å². The molecule has 1 aromatic carbocycles. The van der Waals surface area contributed by atoms with Gasteiger partial charge in [-0.2, -0.15) is 0 Å². The molecule has 21 heavy (non-hydrogen) atoms. The monoisotopic (exact) mass is 293 g/mol. The number of rotatable bonds is 6. The second kappa shape index (κ2) is 7.55. The molecule has 1 N–H and O–H groups in total. The minimum Gasteiger partial charge on any atom is -0.496 e. The molecule has 0 heterocycles. The van der Waals surface area contributed by atoms with Gasteiger partial charge < -0.3 is 19.5 Å². The lowest BCUT2D eigenvalue weighted by Gasteiger charge is -2.32. The lowest BCUT2D eigenvalue weighted by atomic mass is 9.80. The average molecular weight is 293 g/mol. The average Bonchev–Trinajstić information content (AvgIpc) is 2.56. The maximum atomic E-state index is 5.60. The van der Waals surface area contributed by atoms with E-state index >= 15 is 0 Å². The molecule has 118 valence electrons. The van der Waals surface area contributed by atoms with Crippen LogP contribution in [-0.2, 0) is 0 Å². The Morgan fingerprint density at radius 2 is 1.52 bits per heavy atom. The molecule has 1 saturated carbocycles. The number of hydrogen-bond acceptors (Lipinski definition) is 4. The molecule has 1 aliphatic rings. The van der Waals surface area contributed by atoms with Crippen LogP contribution in [0.25, 0.3) is 0 Å². The van der Waals surface area contributed by atoms with Crippen molar-refractivity contribution >= 4 is 0 Å². The van der Waals surface area contributed by atoms with Gasteiger partial charge in [0.15, 0.2) is 0 Å². The minimum atomic E-state index is 0.251. The molecular weight excluding hydrogens is 266 g/mol. The van der Waals surface area contributed by atoms with Crippen LogP contribution in [-0.4, -0.2) is 28.4 Å². The van der Waals surface area contributed by atoms with Crippen molar-refractivity contribution in [2.45, 2.75) is 38.1 Å². The molecule has 0 aromatic heterocycles. The first kappa shape index (κ1) is 16.0. The predicted octanol–water partition coefficient (Wildman–Crippen LogP) is 3.55. The van der Waals surface area contributed by atoms with Gasteiger partial charge in [-0.25, -0.2) is 0 Å². The highest BCUT2D eigenvalue weighted by Crippen LogP contribution is 2.44. The Hall–Kier alpha value is -1.42. The van der Waals surface area contributed by atoms with Crippen molar-refractivity contribution in [1.82, 2.24) is 5.32 Å². The van der Waals surface area contributed by atoms with Crippen molar-refractivity contribution in [1.29, 1.82) is 0 Å². The van der Waals surface area contributed by atoms with E-state index in [1.165, 1.54) is 32.1 Å². The lowest BCUT2D eigenvalue weighted by Crippen LogP contribution is -2.27. The van der Waals surface area contributed by atoms with Gasteiger partial charge in [0, 0.05) is 18.2 Å². The first-order chi connectivity index (χ1) is 10.2. The summed E-state index contributed by atoms with van der Waals surface area (Å²) in [6, 6.07) is 4.12. The Labute approximate surface area is 127 Å². The molecule has 0 saturated heterocycles. The van der Waals surface area contributed by atoms with E-state index in [1.807, 2.05) is 19.2 Å². The zero-order chi connectivity index (χ0) is 15.2. The summed E-state index contributed by atoms with van der Waals surface area (Å²) in [6.07, 6.45) is 6.48. The summed E-state index contributed by atoms with van der Waals surface area (Å²) in [4.78, 5) is 0. The summed E-state index contributed by atoms with van der Waals surface area (Å²) >= 11 is 0. The fraction of sp³-hybridized carbons (Fsp3) is 0.647. The topological polar surface area (TPSA) is 39.7 Å². The van der Waals surface area contributed by atoms with Crippen LogP contribution in [0.3, 0.4) is 0 Å². The third-order valence-corrected chi connectivity index (χ3v) is 4.50. The molecule has 4 heteroatoms. The smallest absolute Gasteiger partial charge is 0.131 e. The molecule has 1 aliphatic carbocycles. The van der Waals surface area contributed by atoms with Gasteiger partial charge in [-0.15, -0.1) is 0 Å². The maximum absolute atomic E-state index is 5.60. The summed E-state index contributed by atoms with van der Waals surface area (Å²) < 4.78 is 16.5. The van der Waals surface area contributed by atoms with Gasteiger partial charge in [-0.1, -0.05) is 19.3 Å². The van der Waals surface area contributed by atoms with Gasteiger partial charge in [-0.05, 0) is 25.8 Å². The Balaban J connectivity index is 2.42. The van der Waals surface area contributed by atoms with Crippen LogP contribution in [0.5, 0.6) is 17.2 Å². The normalized spacial score (nSPS) is 17.3. The number of hydrogen-bond donors (Lipinski definition) is 1. The van der Waals surface area contributed by atoms with Crippen molar-refractivity contribution in [2.75, 3.05) is 28.4 Å². The highest BCUT2D eigenvalue weighted by molar-refractivity contribution is 5.52. The van der Waals surface area contributed by atoms with Crippen LogP contribution in [0.1, 0.15) is 43.7 Å². The van der Waals surface area contributed by atoms with Crippen molar-refractivity contribution < 1.29 is 14.2 Å². The van der Waals surface area contributed by atoms with Crippen LogP contribution >= 0.6 is 0 Å². The van der Waals surface area contributed by atoms with Gasteiger partial charge in [0.2, 0.25) is 0 Å². The fourth-order valence-electron chi connectivity index (χ4n) is 3.42. The predicted molar refractivity (Wildman–Crippen MR) is 84.5 cm³/mol. The number of methoxy groups -OCH3 is 3. The van der Waals surface area contributed by atoms with E-state index in [0.717, 1.165) is 22.8 Å². The Morgan fingerprint density at radius 1 is 0.952 bits per heavy atom. The second-order valence-electron chi connectivity index (χ2n) is 5.61. The number of ether oxygens (including phenoxy) is 3. The molecular formula is C17H27NO3. The molecule has 0 spiro atoms. The van der Waals surface area contributed by atoms with Gasteiger partial charge in [0.05, 0.1) is 26.9 Å². The van der Waals surface area contributed by atoms with E-state index in [9.17, 15) is 0 Å². The molecule has 1 unspecified atom stereocenters. The summed E-state index contributed by atoms with van der Waals surface area (Å²) in [5.74, 6) is 3.04. The lowest BCUT2D eigenvalue weighted by molar-refractivity contribution is 0.267. The molecule has 2 rings (SSSR count). The van der Waals surface area contributed by atoms with Crippen molar-refractivity contribution in [2.24, 2.45) is 5.92 Å².